The zero-order chi connectivity index (χ0) is 9.97. The number of hydrogen-bond acceptors (Lipinski definition) is 2. The van der Waals surface area contributed by atoms with Gasteiger partial charge in [0.2, 0.25) is 6.36 Å². The molecule has 0 saturated carbocycles. The van der Waals surface area contributed by atoms with Gasteiger partial charge < -0.3 is 10.1 Å². The lowest BCUT2D eigenvalue weighted by molar-refractivity contribution is 0.0849. The molecule has 1 atom stereocenters. The van der Waals surface area contributed by atoms with Gasteiger partial charge in [-0.05, 0) is 25.0 Å². The SMILES string of the molecule is CC(F)Oc1cccc2c1CCCN2. The topological polar surface area (TPSA) is 21.3 Å². The summed E-state index contributed by atoms with van der Waals surface area (Å²) in [5, 5.41) is 3.27. The average Bonchev–Trinajstić information content (AvgIpc) is 2.18. The lowest BCUT2D eigenvalue weighted by Crippen LogP contribution is -2.14. The van der Waals surface area contributed by atoms with Crippen molar-refractivity contribution in [3.8, 4) is 5.75 Å². The van der Waals surface area contributed by atoms with Crippen molar-refractivity contribution in [1.29, 1.82) is 0 Å². The van der Waals surface area contributed by atoms with Gasteiger partial charge >= 0.3 is 0 Å². The van der Waals surface area contributed by atoms with E-state index in [9.17, 15) is 4.39 Å². The zero-order valence-electron chi connectivity index (χ0n) is 8.22. The fourth-order valence-electron chi connectivity index (χ4n) is 1.76. The fourth-order valence-corrected chi connectivity index (χ4v) is 1.76. The number of fused-ring (bicyclic) bond motifs is 1. The van der Waals surface area contributed by atoms with E-state index in [4.69, 9.17) is 4.74 Å². The highest BCUT2D eigenvalue weighted by atomic mass is 19.1. The van der Waals surface area contributed by atoms with Crippen LogP contribution >= 0.6 is 0 Å². The summed E-state index contributed by atoms with van der Waals surface area (Å²) in [5.74, 6) is 0.671. The molecule has 0 spiro atoms. The Labute approximate surface area is 83.1 Å². The van der Waals surface area contributed by atoms with Gasteiger partial charge in [0.15, 0.2) is 0 Å². The monoisotopic (exact) mass is 195 g/mol. The first kappa shape index (κ1) is 9.31. The number of benzene rings is 1. The predicted octanol–water partition coefficient (Wildman–Crippen LogP) is 2.74. The Hall–Kier alpha value is -1.25. The molecular formula is C11H14FNO. The Morgan fingerprint density at radius 3 is 3.14 bits per heavy atom. The molecule has 0 radical (unpaired) electrons. The summed E-state index contributed by atoms with van der Waals surface area (Å²) >= 11 is 0. The number of halogens is 1. The largest absolute Gasteiger partial charge is 0.460 e. The fraction of sp³-hybridized carbons (Fsp3) is 0.455. The van der Waals surface area contributed by atoms with Crippen molar-refractivity contribution in [2.45, 2.75) is 26.1 Å². The molecule has 76 valence electrons. The molecule has 1 N–H and O–H groups in total. The number of ether oxygens (including phenoxy) is 1. The quantitative estimate of drug-likeness (QED) is 0.783. The number of rotatable bonds is 2. The van der Waals surface area contributed by atoms with Crippen molar-refractivity contribution in [2.24, 2.45) is 0 Å². The van der Waals surface area contributed by atoms with E-state index >= 15 is 0 Å². The first-order valence-electron chi connectivity index (χ1n) is 4.94. The summed E-state index contributed by atoms with van der Waals surface area (Å²) in [6, 6.07) is 5.71. The molecule has 1 unspecified atom stereocenters. The van der Waals surface area contributed by atoms with E-state index in [1.54, 1.807) is 0 Å². The summed E-state index contributed by atoms with van der Waals surface area (Å²) in [7, 11) is 0. The van der Waals surface area contributed by atoms with Crippen LogP contribution in [0.2, 0.25) is 0 Å². The number of alkyl halides is 1. The first-order valence-corrected chi connectivity index (χ1v) is 4.94. The van der Waals surface area contributed by atoms with Gasteiger partial charge in [0.05, 0.1) is 0 Å². The second-order valence-corrected chi connectivity index (χ2v) is 3.47. The van der Waals surface area contributed by atoms with Gasteiger partial charge in [0.1, 0.15) is 5.75 Å². The molecule has 0 saturated heterocycles. The Balaban J connectivity index is 2.30. The van der Waals surface area contributed by atoms with Crippen LogP contribution in [0.4, 0.5) is 10.1 Å². The van der Waals surface area contributed by atoms with Crippen LogP contribution in [0.15, 0.2) is 18.2 Å². The molecule has 0 aliphatic carbocycles. The van der Waals surface area contributed by atoms with Crippen molar-refractivity contribution in [3.05, 3.63) is 23.8 Å². The van der Waals surface area contributed by atoms with E-state index in [-0.39, 0.29) is 0 Å². The molecule has 3 heteroatoms. The normalized spacial score (nSPS) is 16.7. The lowest BCUT2D eigenvalue weighted by Gasteiger charge is -2.21. The summed E-state index contributed by atoms with van der Waals surface area (Å²) < 4.78 is 17.8. The van der Waals surface area contributed by atoms with Crippen LogP contribution in [0.1, 0.15) is 18.9 Å². The number of hydrogen-bond donors (Lipinski definition) is 1. The molecule has 2 nitrogen and oxygen atoms in total. The van der Waals surface area contributed by atoms with E-state index in [0.717, 1.165) is 30.6 Å². The molecule has 1 aliphatic rings. The van der Waals surface area contributed by atoms with E-state index in [1.165, 1.54) is 6.92 Å². The Morgan fingerprint density at radius 1 is 1.50 bits per heavy atom. The predicted molar refractivity (Wildman–Crippen MR) is 54.5 cm³/mol. The van der Waals surface area contributed by atoms with Crippen LogP contribution in [0.5, 0.6) is 5.75 Å². The third-order valence-electron chi connectivity index (χ3n) is 2.34. The molecule has 1 heterocycles. The van der Waals surface area contributed by atoms with Crippen molar-refractivity contribution < 1.29 is 9.13 Å². The minimum atomic E-state index is -1.25. The van der Waals surface area contributed by atoms with E-state index in [0.29, 0.717) is 5.75 Å². The average molecular weight is 195 g/mol. The first-order chi connectivity index (χ1) is 6.77. The molecule has 0 aromatic heterocycles. The van der Waals surface area contributed by atoms with Crippen molar-refractivity contribution in [2.75, 3.05) is 11.9 Å². The van der Waals surface area contributed by atoms with Gasteiger partial charge in [-0.25, -0.2) is 4.39 Å². The van der Waals surface area contributed by atoms with E-state index in [1.807, 2.05) is 18.2 Å². The van der Waals surface area contributed by atoms with Crippen LogP contribution in [-0.2, 0) is 6.42 Å². The van der Waals surface area contributed by atoms with Crippen molar-refractivity contribution >= 4 is 5.69 Å². The second kappa shape index (κ2) is 3.86. The third-order valence-corrected chi connectivity index (χ3v) is 2.34. The molecule has 1 aromatic rings. The maximum atomic E-state index is 12.7. The maximum absolute atomic E-state index is 12.7. The summed E-state index contributed by atoms with van der Waals surface area (Å²) in [6.45, 7) is 2.39. The Kier molecular flexibility index (Phi) is 2.57. The van der Waals surface area contributed by atoms with E-state index in [2.05, 4.69) is 5.32 Å². The third kappa shape index (κ3) is 1.81. The Bertz CT molecular complexity index is 325. The van der Waals surface area contributed by atoms with E-state index < -0.39 is 6.36 Å². The number of anilines is 1. The van der Waals surface area contributed by atoms with Crippen molar-refractivity contribution in [1.82, 2.24) is 0 Å². The molecule has 1 aliphatic heterocycles. The zero-order valence-corrected chi connectivity index (χ0v) is 8.22. The molecular weight excluding hydrogens is 181 g/mol. The maximum Gasteiger partial charge on any atom is 0.235 e. The molecule has 2 rings (SSSR count). The summed E-state index contributed by atoms with van der Waals surface area (Å²) in [6.07, 6.45) is 0.794. The molecule has 1 aromatic carbocycles. The molecule has 0 amide bonds. The minimum absolute atomic E-state index is 0.671. The van der Waals surface area contributed by atoms with Crippen LogP contribution in [0, 0.1) is 0 Å². The Morgan fingerprint density at radius 2 is 2.36 bits per heavy atom. The van der Waals surface area contributed by atoms with Crippen LogP contribution in [0.25, 0.3) is 0 Å². The van der Waals surface area contributed by atoms with Gasteiger partial charge in [-0.15, -0.1) is 0 Å². The van der Waals surface area contributed by atoms with Gasteiger partial charge in [-0.2, -0.15) is 0 Å². The van der Waals surface area contributed by atoms with Gasteiger partial charge in [0, 0.05) is 24.7 Å². The van der Waals surface area contributed by atoms with Gasteiger partial charge in [-0.1, -0.05) is 6.07 Å². The minimum Gasteiger partial charge on any atom is -0.460 e. The van der Waals surface area contributed by atoms with Crippen LogP contribution in [-0.4, -0.2) is 12.9 Å². The number of nitrogens with one attached hydrogen (secondary N) is 1. The standard InChI is InChI=1S/C11H14FNO/c1-8(12)14-11-6-2-5-10-9(11)4-3-7-13-10/h2,5-6,8,13H,3-4,7H2,1H3. The highest BCUT2D eigenvalue weighted by Gasteiger charge is 2.14. The highest BCUT2D eigenvalue weighted by Crippen LogP contribution is 2.31. The van der Waals surface area contributed by atoms with Crippen molar-refractivity contribution in [3.63, 3.8) is 0 Å². The lowest BCUT2D eigenvalue weighted by atomic mass is 10.0. The smallest absolute Gasteiger partial charge is 0.235 e. The second-order valence-electron chi connectivity index (χ2n) is 3.47. The van der Waals surface area contributed by atoms with Crippen LogP contribution < -0.4 is 10.1 Å². The van der Waals surface area contributed by atoms with Gasteiger partial charge in [0.25, 0.3) is 0 Å². The van der Waals surface area contributed by atoms with Gasteiger partial charge in [-0.3, -0.25) is 0 Å². The van der Waals surface area contributed by atoms with Crippen LogP contribution in [0.3, 0.4) is 0 Å². The summed E-state index contributed by atoms with van der Waals surface area (Å²) in [5.41, 5.74) is 2.18. The molecule has 0 fully saturated rings. The molecule has 14 heavy (non-hydrogen) atoms. The summed E-state index contributed by atoms with van der Waals surface area (Å²) in [4.78, 5) is 0. The highest BCUT2D eigenvalue weighted by molar-refractivity contribution is 5.59. The molecule has 0 bridgehead atoms.